The highest BCUT2D eigenvalue weighted by atomic mass is 19.1. The molecule has 0 fully saturated rings. The van der Waals surface area contributed by atoms with E-state index in [0.29, 0.717) is 17.8 Å². The zero-order valence-corrected chi connectivity index (χ0v) is 18.0. The predicted molar refractivity (Wildman–Crippen MR) is 117 cm³/mol. The number of amides is 3. The lowest BCUT2D eigenvalue weighted by molar-refractivity contribution is -0.117. The Morgan fingerprint density at radius 1 is 0.839 bits per heavy atom. The number of rotatable bonds is 8. The summed E-state index contributed by atoms with van der Waals surface area (Å²) in [6.07, 6.45) is 0.313. The molecule has 0 aromatic heterocycles. The molecule has 166 valence electrons. The second-order valence-electron chi connectivity index (χ2n) is 7.98. The number of nitrogens with one attached hydrogen (secondary N) is 3. The molecular weight excluding hydrogens is 401 g/mol. The Hall–Kier alpha value is -3.42. The van der Waals surface area contributed by atoms with E-state index in [1.807, 2.05) is 0 Å². The molecule has 0 saturated heterocycles. The van der Waals surface area contributed by atoms with Gasteiger partial charge in [-0.2, -0.15) is 0 Å². The van der Waals surface area contributed by atoms with Gasteiger partial charge < -0.3 is 20.7 Å². The summed E-state index contributed by atoms with van der Waals surface area (Å²) < 4.78 is 18.0. The number of hydrogen-bond acceptors (Lipinski definition) is 4. The van der Waals surface area contributed by atoms with Gasteiger partial charge in [0.25, 0.3) is 0 Å². The molecule has 0 saturated carbocycles. The van der Waals surface area contributed by atoms with E-state index in [9.17, 15) is 18.8 Å². The van der Waals surface area contributed by atoms with E-state index in [0.717, 1.165) is 5.56 Å². The number of halogens is 1. The van der Waals surface area contributed by atoms with Crippen LogP contribution in [-0.2, 0) is 20.7 Å². The lowest BCUT2D eigenvalue weighted by atomic mass is 10.1. The maximum atomic E-state index is 12.9. The Kier molecular flexibility index (Phi) is 8.54. The van der Waals surface area contributed by atoms with Crippen LogP contribution in [-0.4, -0.2) is 30.1 Å². The molecule has 3 N–H and O–H groups in total. The van der Waals surface area contributed by atoms with Crippen LogP contribution in [0.2, 0.25) is 0 Å². The normalized spacial score (nSPS) is 10.8. The number of hydrogen-bond donors (Lipinski definition) is 3. The van der Waals surface area contributed by atoms with Crippen molar-refractivity contribution in [2.45, 2.75) is 45.6 Å². The molecule has 3 amide bonds. The number of aryl methyl sites for hydroxylation is 1. The van der Waals surface area contributed by atoms with Crippen LogP contribution in [0.15, 0.2) is 48.5 Å². The van der Waals surface area contributed by atoms with E-state index in [4.69, 9.17) is 4.74 Å². The fourth-order valence-corrected chi connectivity index (χ4v) is 2.59. The third kappa shape index (κ3) is 9.75. The first kappa shape index (κ1) is 23.9. The lowest BCUT2D eigenvalue weighted by Crippen LogP contribution is -2.34. The van der Waals surface area contributed by atoms with Crippen molar-refractivity contribution in [1.29, 1.82) is 0 Å². The molecule has 0 aliphatic rings. The SMILES string of the molecule is CC(C)(C)OC(=O)NCCC(=O)Nc1ccc(NC(=O)CCc2ccc(F)cc2)cc1. The zero-order valence-electron chi connectivity index (χ0n) is 18.0. The van der Waals surface area contributed by atoms with Crippen molar-refractivity contribution in [3.8, 4) is 0 Å². The van der Waals surface area contributed by atoms with Crippen molar-refractivity contribution >= 4 is 29.3 Å². The van der Waals surface area contributed by atoms with Crippen LogP contribution >= 0.6 is 0 Å². The van der Waals surface area contributed by atoms with Gasteiger partial charge >= 0.3 is 6.09 Å². The molecule has 0 atom stereocenters. The Balaban J connectivity index is 1.70. The fraction of sp³-hybridized carbons (Fsp3) is 0.348. The van der Waals surface area contributed by atoms with Crippen LogP contribution in [0.1, 0.15) is 39.2 Å². The van der Waals surface area contributed by atoms with E-state index in [1.165, 1.54) is 12.1 Å². The van der Waals surface area contributed by atoms with E-state index in [1.54, 1.807) is 57.2 Å². The summed E-state index contributed by atoms with van der Waals surface area (Å²) in [5, 5.41) is 8.03. The topological polar surface area (TPSA) is 96.5 Å². The monoisotopic (exact) mass is 429 g/mol. The van der Waals surface area contributed by atoms with Crippen molar-refractivity contribution in [1.82, 2.24) is 5.32 Å². The second kappa shape index (κ2) is 11.1. The molecule has 0 bridgehead atoms. The minimum absolute atomic E-state index is 0.0983. The molecule has 2 aromatic rings. The summed E-state index contributed by atoms with van der Waals surface area (Å²) in [5.74, 6) is -0.721. The average molecular weight is 429 g/mol. The highest BCUT2D eigenvalue weighted by Gasteiger charge is 2.15. The first-order chi connectivity index (χ1) is 14.6. The summed E-state index contributed by atoms with van der Waals surface area (Å²) in [5.41, 5.74) is 1.47. The summed E-state index contributed by atoms with van der Waals surface area (Å²) in [7, 11) is 0. The molecule has 0 radical (unpaired) electrons. The van der Waals surface area contributed by atoms with Crippen LogP contribution in [0.4, 0.5) is 20.6 Å². The van der Waals surface area contributed by atoms with Gasteiger partial charge in [-0.05, 0) is 69.2 Å². The molecule has 2 aromatic carbocycles. The van der Waals surface area contributed by atoms with E-state index in [2.05, 4.69) is 16.0 Å². The molecule has 0 heterocycles. The van der Waals surface area contributed by atoms with Gasteiger partial charge in [-0.3, -0.25) is 9.59 Å². The van der Waals surface area contributed by atoms with E-state index in [-0.39, 0.29) is 37.0 Å². The largest absolute Gasteiger partial charge is 0.444 e. The molecule has 31 heavy (non-hydrogen) atoms. The number of carbonyl (C=O) groups is 3. The number of carbonyl (C=O) groups excluding carboxylic acids is 3. The Bertz CT molecular complexity index is 891. The number of ether oxygens (including phenoxy) is 1. The minimum Gasteiger partial charge on any atom is -0.444 e. The van der Waals surface area contributed by atoms with Gasteiger partial charge in [-0.15, -0.1) is 0 Å². The highest BCUT2D eigenvalue weighted by molar-refractivity contribution is 5.93. The Morgan fingerprint density at radius 2 is 1.35 bits per heavy atom. The van der Waals surface area contributed by atoms with Crippen LogP contribution in [0, 0.1) is 5.82 Å². The Morgan fingerprint density at radius 3 is 1.87 bits per heavy atom. The van der Waals surface area contributed by atoms with Crippen LogP contribution in [0.25, 0.3) is 0 Å². The maximum Gasteiger partial charge on any atom is 0.407 e. The standard InChI is InChI=1S/C23H28FN3O4/c1-23(2,3)31-22(30)25-15-14-21(29)27-19-11-9-18(10-12-19)26-20(28)13-6-16-4-7-17(24)8-5-16/h4-5,7-12H,6,13-15H2,1-3H3,(H,25,30)(H,26,28)(H,27,29). The number of benzene rings is 2. The van der Waals surface area contributed by atoms with Gasteiger partial charge in [0.05, 0.1) is 0 Å². The quantitative estimate of drug-likeness (QED) is 0.584. The molecule has 2 rings (SSSR count). The smallest absolute Gasteiger partial charge is 0.407 e. The summed E-state index contributed by atoms with van der Waals surface area (Å²) in [6, 6.07) is 12.8. The third-order valence-electron chi connectivity index (χ3n) is 4.03. The summed E-state index contributed by atoms with van der Waals surface area (Å²) in [4.78, 5) is 35.6. The molecular formula is C23H28FN3O4. The first-order valence-corrected chi connectivity index (χ1v) is 10.0. The fourth-order valence-electron chi connectivity index (χ4n) is 2.59. The van der Waals surface area contributed by atoms with Crippen LogP contribution in [0.5, 0.6) is 0 Å². The third-order valence-corrected chi connectivity index (χ3v) is 4.03. The molecule has 0 spiro atoms. The second-order valence-corrected chi connectivity index (χ2v) is 7.98. The number of anilines is 2. The summed E-state index contributed by atoms with van der Waals surface area (Å²) in [6.45, 7) is 5.44. The minimum atomic E-state index is -0.593. The first-order valence-electron chi connectivity index (χ1n) is 10.0. The summed E-state index contributed by atoms with van der Waals surface area (Å²) >= 11 is 0. The van der Waals surface area contributed by atoms with Gasteiger partial charge in [-0.1, -0.05) is 12.1 Å². The molecule has 0 aliphatic carbocycles. The van der Waals surface area contributed by atoms with Crippen LogP contribution < -0.4 is 16.0 Å². The molecule has 0 aliphatic heterocycles. The highest BCUT2D eigenvalue weighted by Crippen LogP contribution is 2.15. The lowest BCUT2D eigenvalue weighted by Gasteiger charge is -2.19. The van der Waals surface area contributed by atoms with E-state index < -0.39 is 11.7 Å². The van der Waals surface area contributed by atoms with Crippen LogP contribution in [0.3, 0.4) is 0 Å². The van der Waals surface area contributed by atoms with Gasteiger partial charge in [0, 0.05) is 30.8 Å². The van der Waals surface area contributed by atoms with Crippen molar-refractivity contribution in [2.24, 2.45) is 0 Å². The molecule has 7 nitrogen and oxygen atoms in total. The number of alkyl carbamates (subject to hydrolysis) is 1. The van der Waals surface area contributed by atoms with Crippen molar-refractivity contribution in [3.05, 3.63) is 59.9 Å². The molecule has 0 unspecified atom stereocenters. The van der Waals surface area contributed by atoms with Gasteiger partial charge in [0.15, 0.2) is 0 Å². The predicted octanol–water partition coefficient (Wildman–Crippen LogP) is 4.25. The van der Waals surface area contributed by atoms with Gasteiger partial charge in [0.2, 0.25) is 11.8 Å². The molecule has 8 heteroatoms. The Labute approximate surface area is 181 Å². The van der Waals surface area contributed by atoms with Crippen molar-refractivity contribution < 1.29 is 23.5 Å². The maximum absolute atomic E-state index is 12.9. The average Bonchev–Trinajstić information content (AvgIpc) is 2.67. The van der Waals surface area contributed by atoms with E-state index >= 15 is 0 Å². The van der Waals surface area contributed by atoms with Crippen molar-refractivity contribution in [3.63, 3.8) is 0 Å². The van der Waals surface area contributed by atoms with Crippen molar-refractivity contribution in [2.75, 3.05) is 17.2 Å². The van der Waals surface area contributed by atoms with Gasteiger partial charge in [0.1, 0.15) is 11.4 Å². The van der Waals surface area contributed by atoms with Gasteiger partial charge in [-0.25, -0.2) is 9.18 Å². The zero-order chi connectivity index (χ0) is 22.9.